The Kier molecular flexibility index (Phi) is 4.88. The van der Waals surface area contributed by atoms with Crippen molar-refractivity contribution in [3.63, 3.8) is 0 Å². The summed E-state index contributed by atoms with van der Waals surface area (Å²) in [6.07, 6.45) is 1.34. The molecule has 2 amide bonds. The summed E-state index contributed by atoms with van der Waals surface area (Å²) in [7, 11) is 1.41. The number of anilines is 1. The first-order valence-electron chi connectivity index (χ1n) is 7.14. The molecule has 1 aromatic heterocycles. The molecule has 0 aliphatic carbocycles. The third kappa shape index (κ3) is 3.37. The van der Waals surface area contributed by atoms with Gasteiger partial charge in [-0.25, -0.2) is 4.79 Å². The number of hydrogen-bond donors (Lipinski definition) is 1. The van der Waals surface area contributed by atoms with E-state index >= 15 is 0 Å². The molecule has 2 rings (SSSR count). The zero-order valence-electron chi connectivity index (χ0n) is 13.0. The Bertz CT molecular complexity index is 545. The second-order valence-electron chi connectivity index (χ2n) is 5.45. The maximum atomic E-state index is 12.3. The average molecular weight is 310 g/mol. The van der Waals surface area contributed by atoms with Gasteiger partial charge in [-0.3, -0.25) is 10.1 Å². The van der Waals surface area contributed by atoms with Gasteiger partial charge >= 0.3 is 12.0 Å². The van der Waals surface area contributed by atoms with E-state index in [-0.39, 0.29) is 17.9 Å². The van der Waals surface area contributed by atoms with Crippen LogP contribution in [0.2, 0.25) is 0 Å². The van der Waals surface area contributed by atoms with Crippen LogP contribution in [0.15, 0.2) is 0 Å². The Hall–Kier alpha value is -1.56. The summed E-state index contributed by atoms with van der Waals surface area (Å²) in [6.45, 7) is 7.34. The molecule has 0 saturated carbocycles. The highest BCUT2D eigenvalue weighted by atomic mass is 32.1. The van der Waals surface area contributed by atoms with Crippen LogP contribution in [0.5, 0.6) is 0 Å². The largest absolute Gasteiger partial charge is 0.469 e. The zero-order chi connectivity index (χ0) is 15.6. The number of likely N-dealkylation sites (tertiary alicyclic amines) is 1. The quantitative estimate of drug-likeness (QED) is 0.854. The van der Waals surface area contributed by atoms with Gasteiger partial charge in [0, 0.05) is 18.0 Å². The molecule has 116 valence electrons. The van der Waals surface area contributed by atoms with Gasteiger partial charge in [-0.05, 0) is 44.7 Å². The lowest BCUT2D eigenvalue weighted by Gasteiger charge is -2.30. The number of amides is 2. The monoisotopic (exact) mass is 310 g/mol. The minimum Gasteiger partial charge on any atom is -0.469 e. The highest BCUT2D eigenvalue weighted by Crippen LogP contribution is 2.31. The zero-order valence-corrected chi connectivity index (χ0v) is 13.8. The third-order valence-corrected chi connectivity index (χ3v) is 5.45. The third-order valence-electron chi connectivity index (χ3n) is 4.22. The molecule has 0 radical (unpaired) electrons. The summed E-state index contributed by atoms with van der Waals surface area (Å²) in [4.78, 5) is 26.8. The fraction of sp³-hybridized carbons (Fsp3) is 0.600. The smallest absolute Gasteiger partial charge is 0.322 e. The van der Waals surface area contributed by atoms with Gasteiger partial charge in [-0.2, -0.15) is 0 Å². The van der Waals surface area contributed by atoms with Crippen LogP contribution in [-0.2, 0) is 9.53 Å². The molecule has 0 atom stereocenters. The van der Waals surface area contributed by atoms with E-state index in [2.05, 4.69) is 19.2 Å². The number of piperidine rings is 1. The lowest BCUT2D eigenvalue weighted by atomic mass is 9.97. The topological polar surface area (TPSA) is 58.6 Å². The molecule has 1 saturated heterocycles. The maximum absolute atomic E-state index is 12.3. The predicted molar refractivity (Wildman–Crippen MR) is 83.9 cm³/mol. The number of thiophene rings is 1. The molecule has 5 nitrogen and oxygen atoms in total. The molecule has 21 heavy (non-hydrogen) atoms. The van der Waals surface area contributed by atoms with Crippen LogP contribution < -0.4 is 5.32 Å². The molecular formula is C15H22N2O3S. The van der Waals surface area contributed by atoms with Crippen LogP contribution in [0.1, 0.15) is 28.8 Å². The number of methoxy groups -OCH3 is 1. The second-order valence-corrected chi connectivity index (χ2v) is 6.68. The minimum absolute atomic E-state index is 0.0768. The van der Waals surface area contributed by atoms with Crippen LogP contribution in [0.25, 0.3) is 0 Å². The van der Waals surface area contributed by atoms with Crippen molar-refractivity contribution < 1.29 is 14.3 Å². The van der Waals surface area contributed by atoms with E-state index in [0.29, 0.717) is 25.9 Å². The first-order chi connectivity index (χ1) is 9.93. The number of rotatable bonds is 2. The summed E-state index contributed by atoms with van der Waals surface area (Å²) in [5.41, 5.74) is 2.37. The standard InChI is InChI=1S/C15H22N2O3S/c1-9-10(2)13(21-11(9)3)16-15(19)17-7-5-12(6-8-17)14(18)20-4/h12H,5-8H2,1-4H3,(H,16,19). The van der Waals surface area contributed by atoms with Gasteiger partial charge in [-0.15, -0.1) is 11.3 Å². The molecule has 6 heteroatoms. The lowest BCUT2D eigenvalue weighted by molar-refractivity contribution is -0.146. The van der Waals surface area contributed by atoms with Crippen LogP contribution in [0.3, 0.4) is 0 Å². The molecule has 1 aromatic rings. The first kappa shape index (κ1) is 15.8. The second kappa shape index (κ2) is 6.47. The molecule has 1 fully saturated rings. The number of hydrogen-bond acceptors (Lipinski definition) is 4. The van der Waals surface area contributed by atoms with Crippen molar-refractivity contribution in [2.45, 2.75) is 33.6 Å². The molecule has 2 heterocycles. The number of nitrogens with one attached hydrogen (secondary N) is 1. The molecule has 1 aliphatic rings. The fourth-order valence-electron chi connectivity index (χ4n) is 2.52. The Labute approximate surface area is 129 Å². The first-order valence-corrected chi connectivity index (χ1v) is 7.96. The molecule has 1 aliphatic heterocycles. The highest BCUT2D eigenvalue weighted by Gasteiger charge is 2.28. The number of urea groups is 1. The minimum atomic E-state index is -0.171. The van der Waals surface area contributed by atoms with E-state index in [9.17, 15) is 9.59 Å². The Morgan fingerprint density at radius 3 is 2.29 bits per heavy atom. The van der Waals surface area contributed by atoms with Gasteiger partial charge in [0.2, 0.25) is 0 Å². The van der Waals surface area contributed by atoms with Crippen molar-refractivity contribution in [3.8, 4) is 0 Å². The van der Waals surface area contributed by atoms with Gasteiger partial charge < -0.3 is 9.64 Å². The van der Waals surface area contributed by atoms with Crippen molar-refractivity contribution >= 4 is 28.3 Å². The van der Waals surface area contributed by atoms with E-state index in [1.807, 2.05) is 6.92 Å². The summed E-state index contributed by atoms with van der Waals surface area (Å²) in [5, 5.41) is 3.91. The summed E-state index contributed by atoms with van der Waals surface area (Å²) < 4.78 is 4.76. The summed E-state index contributed by atoms with van der Waals surface area (Å²) >= 11 is 1.61. The Morgan fingerprint density at radius 2 is 1.81 bits per heavy atom. The van der Waals surface area contributed by atoms with Gasteiger partial charge in [0.05, 0.1) is 18.0 Å². The fourth-order valence-corrected chi connectivity index (χ4v) is 3.58. The van der Waals surface area contributed by atoms with E-state index in [0.717, 1.165) is 10.6 Å². The molecule has 0 spiro atoms. The maximum Gasteiger partial charge on any atom is 0.322 e. The highest BCUT2D eigenvalue weighted by molar-refractivity contribution is 7.16. The molecule has 0 aromatic carbocycles. The van der Waals surface area contributed by atoms with Crippen molar-refractivity contribution in [2.75, 3.05) is 25.5 Å². The lowest BCUT2D eigenvalue weighted by Crippen LogP contribution is -2.42. The number of carbonyl (C=O) groups excluding carboxylic acids is 2. The number of esters is 1. The van der Waals surface area contributed by atoms with Gasteiger partial charge in [-0.1, -0.05) is 0 Å². The summed E-state index contributed by atoms with van der Waals surface area (Å²) in [5.74, 6) is -0.248. The van der Waals surface area contributed by atoms with Crippen molar-refractivity contribution in [1.82, 2.24) is 4.90 Å². The van der Waals surface area contributed by atoms with E-state index < -0.39 is 0 Å². The van der Waals surface area contributed by atoms with Crippen LogP contribution in [0, 0.1) is 26.7 Å². The van der Waals surface area contributed by atoms with Crippen LogP contribution in [0.4, 0.5) is 9.80 Å². The van der Waals surface area contributed by atoms with Crippen molar-refractivity contribution in [2.24, 2.45) is 5.92 Å². The Morgan fingerprint density at radius 1 is 1.19 bits per heavy atom. The van der Waals surface area contributed by atoms with Gasteiger partial charge in [0.15, 0.2) is 0 Å². The van der Waals surface area contributed by atoms with Crippen LogP contribution >= 0.6 is 11.3 Å². The van der Waals surface area contributed by atoms with Crippen molar-refractivity contribution in [1.29, 1.82) is 0 Å². The number of aryl methyl sites for hydroxylation is 1. The van der Waals surface area contributed by atoms with Gasteiger partial charge in [0.1, 0.15) is 0 Å². The Balaban J connectivity index is 1.93. The SMILES string of the molecule is COC(=O)C1CCN(C(=O)Nc2sc(C)c(C)c2C)CC1. The average Bonchev–Trinajstić information content (AvgIpc) is 2.74. The van der Waals surface area contributed by atoms with Crippen LogP contribution in [-0.4, -0.2) is 37.1 Å². The molecule has 0 unspecified atom stereocenters. The number of carbonyl (C=O) groups is 2. The van der Waals surface area contributed by atoms with Gasteiger partial charge in [0.25, 0.3) is 0 Å². The predicted octanol–water partition coefficient (Wildman–Crippen LogP) is 3.09. The molecule has 1 N–H and O–H groups in total. The van der Waals surface area contributed by atoms with E-state index in [1.165, 1.54) is 17.6 Å². The van der Waals surface area contributed by atoms with Crippen molar-refractivity contribution in [3.05, 3.63) is 16.0 Å². The summed E-state index contributed by atoms with van der Waals surface area (Å²) in [6, 6.07) is -0.0809. The molecular weight excluding hydrogens is 288 g/mol. The van der Waals surface area contributed by atoms with E-state index in [4.69, 9.17) is 4.74 Å². The normalized spacial score (nSPS) is 15.9. The molecule has 0 bridgehead atoms. The van der Waals surface area contributed by atoms with E-state index in [1.54, 1.807) is 16.2 Å². The number of ether oxygens (including phenoxy) is 1. The number of nitrogens with zero attached hydrogens (tertiary/aromatic N) is 1.